The molecule has 0 aliphatic rings. The minimum atomic E-state index is 0.242. The van der Waals surface area contributed by atoms with Crippen LogP contribution in [0.15, 0.2) is 0 Å². The molecule has 0 aromatic heterocycles. The molecule has 2 nitrogen and oxygen atoms in total. The summed E-state index contributed by atoms with van der Waals surface area (Å²) in [5.74, 6) is 0. The maximum atomic E-state index is 9.20. The third-order valence-corrected chi connectivity index (χ3v) is 4.11. The molecular formula is C18H39NO. The number of aliphatic hydroxyl groups is 1. The number of hydrogen-bond acceptors (Lipinski definition) is 2. The molecule has 1 atom stereocenters. The predicted octanol–water partition coefficient (Wildman–Crippen LogP) is 5.05. The average Bonchev–Trinajstić information content (AvgIpc) is 2.46. The van der Waals surface area contributed by atoms with E-state index in [4.69, 9.17) is 0 Å². The van der Waals surface area contributed by atoms with Gasteiger partial charge in [0.25, 0.3) is 0 Å². The van der Waals surface area contributed by atoms with Gasteiger partial charge in [-0.1, -0.05) is 78.1 Å². The monoisotopic (exact) mass is 285 g/mol. The highest BCUT2D eigenvalue weighted by atomic mass is 16.3. The highest BCUT2D eigenvalue weighted by Crippen LogP contribution is 2.14. The van der Waals surface area contributed by atoms with Crippen molar-refractivity contribution in [1.82, 2.24) is 5.32 Å². The van der Waals surface area contributed by atoms with E-state index in [0.29, 0.717) is 6.04 Å². The second kappa shape index (κ2) is 15.3. The molecule has 0 amide bonds. The summed E-state index contributed by atoms with van der Waals surface area (Å²) in [6.07, 6.45) is 16.1. The fraction of sp³-hybridized carbons (Fsp3) is 1.00. The van der Waals surface area contributed by atoms with Gasteiger partial charge in [-0.2, -0.15) is 0 Å². The van der Waals surface area contributed by atoms with Crippen LogP contribution in [0.3, 0.4) is 0 Å². The van der Waals surface area contributed by atoms with Crippen LogP contribution in [0.5, 0.6) is 0 Å². The van der Waals surface area contributed by atoms with Gasteiger partial charge in [0.1, 0.15) is 0 Å². The lowest BCUT2D eigenvalue weighted by Gasteiger charge is -2.22. The normalized spacial score (nSPS) is 13.1. The lowest BCUT2D eigenvalue weighted by atomic mass is 10.00. The first-order chi connectivity index (χ1) is 9.74. The van der Waals surface area contributed by atoms with Crippen molar-refractivity contribution in [2.75, 3.05) is 6.61 Å². The van der Waals surface area contributed by atoms with E-state index < -0.39 is 0 Å². The quantitative estimate of drug-likeness (QED) is 0.413. The van der Waals surface area contributed by atoms with Crippen molar-refractivity contribution < 1.29 is 5.11 Å². The summed E-state index contributed by atoms with van der Waals surface area (Å²) >= 11 is 0. The third kappa shape index (κ3) is 12.9. The zero-order valence-electron chi connectivity index (χ0n) is 14.3. The van der Waals surface area contributed by atoms with E-state index in [2.05, 4.69) is 26.1 Å². The average molecular weight is 286 g/mol. The van der Waals surface area contributed by atoms with Crippen molar-refractivity contribution in [2.24, 2.45) is 0 Å². The lowest BCUT2D eigenvalue weighted by Crippen LogP contribution is -2.38. The molecule has 0 aromatic carbocycles. The fourth-order valence-corrected chi connectivity index (χ4v) is 2.75. The molecule has 0 heterocycles. The Hall–Kier alpha value is -0.0800. The maximum absolute atomic E-state index is 9.20. The van der Waals surface area contributed by atoms with E-state index in [1.807, 2.05) is 0 Å². The summed E-state index contributed by atoms with van der Waals surface area (Å²) in [6.45, 7) is 6.87. The van der Waals surface area contributed by atoms with Gasteiger partial charge in [-0.05, 0) is 19.8 Å². The SMILES string of the molecule is CCCCCCCC(CCCCCCC)N[C@@H](C)CO. The molecule has 0 aromatic rings. The van der Waals surface area contributed by atoms with Crippen molar-refractivity contribution in [3.8, 4) is 0 Å². The van der Waals surface area contributed by atoms with Crippen molar-refractivity contribution in [3.63, 3.8) is 0 Å². The van der Waals surface area contributed by atoms with Crippen LogP contribution in [0, 0.1) is 0 Å². The summed E-state index contributed by atoms with van der Waals surface area (Å²) in [5.41, 5.74) is 0. The second-order valence-electron chi connectivity index (χ2n) is 6.35. The summed E-state index contributed by atoms with van der Waals surface area (Å²) in [7, 11) is 0. The van der Waals surface area contributed by atoms with Gasteiger partial charge >= 0.3 is 0 Å². The Morgan fingerprint density at radius 1 is 0.750 bits per heavy atom. The minimum absolute atomic E-state index is 0.242. The zero-order valence-corrected chi connectivity index (χ0v) is 14.3. The number of hydrogen-bond donors (Lipinski definition) is 2. The Labute approximate surface area is 127 Å². The third-order valence-electron chi connectivity index (χ3n) is 4.11. The molecule has 0 fully saturated rings. The Bertz CT molecular complexity index is 170. The molecule has 0 saturated carbocycles. The lowest BCUT2D eigenvalue weighted by molar-refractivity contribution is 0.233. The fourth-order valence-electron chi connectivity index (χ4n) is 2.75. The molecule has 20 heavy (non-hydrogen) atoms. The maximum Gasteiger partial charge on any atom is 0.0582 e. The Morgan fingerprint density at radius 2 is 1.20 bits per heavy atom. The largest absolute Gasteiger partial charge is 0.395 e. The second-order valence-corrected chi connectivity index (χ2v) is 6.35. The first kappa shape index (κ1) is 19.9. The molecule has 0 aliphatic heterocycles. The van der Waals surface area contributed by atoms with Crippen LogP contribution in [0.2, 0.25) is 0 Å². The highest BCUT2D eigenvalue weighted by molar-refractivity contribution is 4.71. The van der Waals surface area contributed by atoms with Gasteiger partial charge in [0, 0.05) is 12.1 Å². The van der Waals surface area contributed by atoms with Gasteiger partial charge in [-0.3, -0.25) is 0 Å². The van der Waals surface area contributed by atoms with Crippen molar-refractivity contribution in [3.05, 3.63) is 0 Å². The van der Waals surface area contributed by atoms with Gasteiger partial charge in [-0.15, -0.1) is 0 Å². The Balaban J connectivity index is 3.76. The van der Waals surface area contributed by atoms with Crippen LogP contribution in [0.4, 0.5) is 0 Å². The molecule has 0 spiro atoms. The molecule has 0 rings (SSSR count). The van der Waals surface area contributed by atoms with Crippen molar-refractivity contribution in [1.29, 1.82) is 0 Å². The van der Waals surface area contributed by atoms with Crippen LogP contribution in [0.1, 0.15) is 97.8 Å². The van der Waals surface area contributed by atoms with Gasteiger partial charge in [0.2, 0.25) is 0 Å². The molecule has 122 valence electrons. The Kier molecular flexibility index (Phi) is 15.3. The molecule has 0 bridgehead atoms. The number of rotatable bonds is 15. The van der Waals surface area contributed by atoms with Crippen LogP contribution in [-0.4, -0.2) is 23.8 Å². The van der Waals surface area contributed by atoms with Crippen LogP contribution < -0.4 is 5.32 Å². The van der Waals surface area contributed by atoms with E-state index in [9.17, 15) is 5.11 Å². The van der Waals surface area contributed by atoms with Gasteiger partial charge in [0.15, 0.2) is 0 Å². The smallest absolute Gasteiger partial charge is 0.0582 e. The van der Waals surface area contributed by atoms with Crippen LogP contribution in [0.25, 0.3) is 0 Å². The zero-order chi connectivity index (χ0) is 15.1. The van der Waals surface area contributed by atoms with Crippen molar-refractivity contribution in [2.45, 2.75) is 110 Å². The summed E-state index contributed by atoms with van der Waals surface area (Å²) in [6, 6.07) is 0.853. The molecule has 2 heteroatoms. The minimum Gasteiger partial charge on any atom is -0.395 e. The number of nitrogens with one attached hydrogen (secondary N) is 1. The molecular weight excluding hydrogens is 246 g/mol. The number of unbranched alkanes of at least 4 members (excludes halogenated alkanes) is 8. The first-order valence-electron chi connectivity index (χ1n) is 9.11. The van der Waals surface area contributed by atoms with E-state index in [1.54, 1.807) is 0 Å². The van der Waals surface area contributed by atoms with E-state index in [-0.39, 0.29) is 12.6 Å². The van der Waals surface area contributed by atoms with E-state index in [0.717, 1.165) is 0 Å². The molecule has 0 saturated heterocycles. The molecule has 2 N–H and O–H groups in total. The predicted molar refractivity (Wildman–Crippen MR) is 90.2 cm³/mol. The van der Waals surface area contributed by atoms with Crippen LogP contribution in [-0.2, 0) is 0 Å². The van der Waals surface area contributed by atoms with Gasteiger partial charge in [-0.25, -0.2) is 0 Å². The topological polar surface area (TPSA) is 32.3 Å². The van der Waals surface area contributed by atoms with Gasteiger partial charge in [0.05, 0.1) is 6.61 Å². The standard InChI is InChI=1S/C18H39NO/c1-4-6-8-10-12-14-18(19-17(3)16-20)15-13-11-9-7-5-2/h17-20H,4-16H2,1-3H3/t17-/m0/s1. The van der Waals surface area contributed by atoms with E-state index in [1.165, 1.54) is 77.0 Å². The van der Waals surface area contributed by atoms with E-state index >= 15 is 0 Å². The first-order valence-corrected chi connectivity index (χ1v) is 9.11. The number of aliphatic hydroxyl groups excluding tert-OH is 1. The van der Waals surface area contributed by atoms with Gasteiger partial charge < -0.3 is 10.4 Å². The molecule has 0 radical (unpaired) electrons. The summed E-state index contributed by atoms with van der Waals surface area (Å²) in [5, 5.41) is 12.8. The van der Waals surface area contributed by atoms with Crippen molar-refractivity contribution >= 4 is 0 Å². The highest BCUT2D eigenvalue weighted by Gasteiger charge is 2.11. The summed E-state index contributed by atoms with van der Waals surface area (Å²) < 4.78 is 0. The summed E-state index contributed by atoms with van der Waals surface area (Å²) in [4.78, 5) is 0. The molecule has 0 aliphatic carbocycles. The van der Waals surface area contributed by atoms with Crippen LogP contribution >= 0.6 is 0 Å². The molecule has 0 unspecified atom stereocenters. The Morgan fingerprint density at radius 3 is 1.60 bits per heavy atom.